The third-order valence-corrected chi connectivity index (χ3v) is 4.21. The molecule has 0 aliphatic rings. The van der Waals surface area contributed by atoms with E-state index < -0.39 is 36.1 Å². The molecule has 1 aromatic rings. The van der Waals surface area contributed by atoms with Crippen LogP contribution in [0.25, 0.3) is 0 Å². The minimum atomic E-state index is -5.91. The monoisotopic (exact) mass is 373 g/mol. The van der Waals surface area contributed by atoms with Crippen molar-refractivity contribution in [2.75, 3.05) is 11.4 Å². The molecular weight excluding hydrogens is 351 g/mol. The summed E-state index contributed by atoms with van der Waals surface area (Å²) >= 11 is 0. The molecular formula is C17H22F7N. The molecule has 0 saturated carbocycles. The van der Waals surface area contributed by atoms with Crippen molar-refractivity contribution in [3.05, 3.63) is 29.8 Å². The minimum Gasteiger partial charge on any atom is -0.303 e. The van der Waals surface area contributed by atoms with Crippen molar-refractivity contribution in [2.24, 2.45) is 5.92 Å². The van der Waals surface area contributed by atoms with Crippen LogP contribution in [-0.2, 0) is 0 Å². The van der Waals surface area contributed by atoms with Gasteiger partial charge in [-0.05, 0) is 24.5 Å². The maximum atomic E-state index is 13.9. The van der Waals surface area contributed by atoms with Crippen molar-refractivity contribution < 1.29 is 30.7 Å². The Morgan fingerprint density at radius 2 is 1.64 bits per heavy atom. The zero-order valence-corrected chi connectivity index (χ0v) is 14.1. The molecule has 0 fully saturated rings. The number of unbranched alkanes of at least 4 members (excludes halogenated alkanes) is 1. The van der Waals surface area contributed by atoms with Gasteiger partial charge in [-0.25, -0.2) is 8.78 Å². The van der Waals surface area contributed by atoms with Gasteiger partial charge in [-0.2, -0.15) is 22.0 Å². The molecule has 1 nitrogen and oxygen atoms in total. The van der Waals surface area contributed by atoms with Crippen LogP contribution < -0.4 is 4.90 Å². The lowest BCUT2D eigenvalue weighted by molar-refractivity contribution is -0.281. The van der Waals surface area contributed by atoms with Crippen LogP contribution >= 0.6 is 0 Å². The molecule has 0 aliphatic heterocycles. The number of hydrogen-bond donors (Lipinski definition) is 0. The fourth-order valence-electron chi connectivity index (χ4n) is 2.62. The maximum absolute atomic E-state index is 13.9. The smallest absolute Gasteiger partial charge is 0.303 e. The largest absolute Gasteiger partial charge is 0.475 e. The van der Waals surface area contributed by atoms with Gasteiger partial charge in [0.2, 0.25) is 0 Å². The highest BCUT2D eigenvalue weighted by Gasteiger charge is 2.62. The van der Waals surface area contributed by atoms with Gasteiger partial charge >= 0.3 is 12.2 Å². The fourth-order valence-corrected chi connectivity index (χ4v) is 2.62. The number of hydrogen-bond acceptors (Lipinski definition) is 1. The average Bonchev–Trinajstić information content (AvgIpc) is 2.53. The summed E-state index contributed by atoms with van der Waals surface area (Å²) in [7, 11) is 0. The number of nitrogens with zero attached hydrogens (tertiary/aromatic N) is 1. The SMILES string of the molecule is CCCCC(CC)CCN(c1cccc(F)c1F)C(F)(F)C(F)(F)F. The number of anilines is 1. The molecule has 1 atom stereocenters. The van der Waals surface area contributed by atoms with E-state index in [1.807, 2.05) is 13.8 Å². The van der Waals surface area contributed by atoms with E-state index >= 15 is 0 Å². The molecule has 25 heavy (non-hydrogen) atoms. The Balaban J connectivity index is 3.14. The Morgan fingerprint density at radius 1 is 1.00 bits per heavy atom. The fraction of sp³-hybridized carbons (Fsp3) is 0.647. The number of benzene rings is 1. The van der Waals surface area contributed by atoms with Crippen molar-refractivity contribution in [1.29, 1.82) is 0 Å². The zero-order valence-electron chi connectivity index (χ0n) is 14.1. The molecule has 0 saturated heterocycles. The first-order valence-corrected chi connectivity index (χ1v) is 8.22. The van der Waals surface area contributed by atoms with Crippen LogP contribution in [-0.4, -0.2) is 18.8 Å². The molecule has 0 amide bonds. The van der Waals surface area contributed by atoms with E-state index in [4.69, 9.17) is 0 Å². The number of rotatable bonds is 9. The van der Waals surface area contributed by atoms with Crippen molar-refractivity contribution >= 4 is 5.69 Å². The van der Waals surface area contributed by atoms with Crippen molar-refractivity contribution in [3.8, 4) is 0 Å². The van der Waals surface area contributed by atoms with Gasteiger partial charge in [0.05, 0.1) is 5.69 Å². The number of halogens is 7. The Bertz CT molecular complexity index is 542. The molecule has 0 aromatic heterocycles. The van der Waals surface area contributed by atoms with Crippen molar-refractivity contribution in [2.45, 2.75) is 58.2 Å². The summed E-state index contributed by atoms with van der Waals surface area (Å²) in [5, 5.41) is 0. The second kappa shape index (κ2) is 8.76. The summed E-state index contributed by atoms with van der Waals surface area (Å²) in [5.41, 5.74) is -1.09. The van der Waals surface area contributed by atoms with Gasteiger partial charge in [0.1, 0.15) is 0 Å². The van der Waals surface area contributed by atoms with Gasteiger partial charge in [-0.1, -0.05) is 45.6 Å². The lowest BCUT2D eigenvalue weighted by atomic mass is 9.95. The molecule has 144 valence electrons. The van der Waals surface area contributed by atoms with Gasteiger partial charge < -0.3 is 4.90 Å². The molecule has 1 unspecified atom stereocenters. The van der Waals surface area contributed by atoms with Crippen molar-refractivity contribution in [1.82, 2.24) is 0 Å². The lowest BCUT2D eigenvalue weighted by Crippen LogP contribution is -2.53. The summed E-state index contributed by atoms with van der Waals surface area (Å²) in [6.45, 7) is 3.03. The van der Waals surface area contributed by atoms with E-state index in [1.165, 1.54) is 0 Å². The van der Waals surface area contributed by atoms with Crippen LogP contribution in [0.2, 0.25) is 0 Å². The van der Waals surface area contributed by atoms with Gasteiger partial charge in [-0.3, -0.25) is 0 Å². The van der Waals surface area contributed by atoms with E-state index in [2.05, 4.69) is 0 Å². The zero-order chi connectivity index (χ0) is 19.3. The third-order valence-electron chi connectivity index (χ3n) is 4.21. The summed E-state index contributed by atoms with van der Waals surface area (Å²) in [4.78, 5) is -0.375. The Kier molecular flexibility index (Phi) is 7.56. The van der Waals surface area contributed by atoms with E-state index in [9.17, 15) is 30.7 Å². The second-order valence-electron chi connectivity index (χ2n) is 5.97. The van der Waals surface area contributed by atoms with Crippen LogP contribution in [0, 0.1) is 17.6 Å². The molecule has 8 heteroatoms. The van der Waals surface area contributed by atoms with Crippen LogP contribution in [0.4, 0.5) is 36.4 Å². The summed E-state index contributed by atoms with van der Waals surface area (Å²) in [5.74, 6) is -3.25. The minimum absolute atomic E-state index is 0.0259. The molecule has 0 bridgehead atoms. The Hall–Kier alpha value is -1.47. The predicted molar refractivity (Wildman–Crippen MR) is 82.6 cm³/mol. The number of alkyl halides is 5. The van der Waals surface area contributed by atoms with E-state index in [0.29, 0.717) is 18.9 Å². The first kappa shape index (κ1) is 21.6. The molecule has 0 N–H and O–H groups in total. The highest BCUT2D eigenvalue weighted by molar-refractivity contribution is 5.50. The normalized spacial score (nSPS) is 13.8. The summed E-state index contributed by atoms with van der Waals surface area (Å²) in [6.07, 6.45) is -2.89. The summed E-state index contributed by atoms with van der Waals surface area (Å²) in [6, 6.07) is -3.00. The molecule has 1 rings (SSSR count). The van der Waals surface area contributed by atoms with Crippen LogP contribution in [0.5, 0.6) is 0 Å². The highest BCUT2D eigenvalue weighted by atomic mass is 19.4. The van der Waals surface area contributed by atoms with Gasteiger partial charge in [0.15, 0.2) is 11.6 Å². The third kappa shape index (κ3) is 5.25. The quantitative estimate of drug-likeness (QED) is 0.351. The first-order chi connectivity index (χ1) is 11.6. The van der Waals surface area contributed by atoms with Crippen LogP contribution in [0.15, 0.2) is 18.2 Å². The molecule has 0 aliphatic carbocycles. The molecule has 1 aromatic carbocycles. The van der Waals surface area contributed by atoms with Crippen LogP contribution in [0.3, 0.4) is 0 Å². The average molecular weight is 373 g/mol. The van der Waals surface area contributed by atoms with Gasteiger partial charge in [-0.15, -0.1) is 0 Å². The topological polar surface area (TPSA) is 3.24 Å². The maximum Gasteiger partial charge on any atom is 0.475 e. The van der Waals surface area contributed by atoms with Crippen molar-refractivity contribution in [3.63, 3.8) is 0 Å². The highest BCUT2D eigenvalue weighted by Crippen LogP contribution is 2.42. The lowest BCUT2D eigenvalue weighted by Gasteiger charge is -2.35. The van der Waals surface area contributed by atoms with Gasteiger partial charge in [0, 0.05) is 6.54 Å². The predicted octanol–water partition coefficient (Wildman–Crippen LogP) is 6.53. The van der Waals surface area contributed by atoms with E-state index in [-0.39, 0.29) is 17.2 Å². The molecule has 0 radical (unpaired) electrons. The van der Waals surface area contributed by atoms with E-state index in [1.54, 1.807) is 0 Å². The van der Waals surface area contributed by atoms with Gasteiger partial charge in [0.25, 0.3) is 0 Å². The van der Waals surface area contributed by atoms with E-state index in [0.717, 1.165) is 25.0 Å². The molecule has 0 heterocycles. The Labute approximate surface area is 142 Å². The molecule has 0 spiro atoms. The second-order valence-corrected chi connectivity index (χ2v) is 5.97. The van der Waals surface area contributed by atoms with Crippen LogP contribution in [0.1, 0.15) is 46.0 Å². The Morgan fingerprint density at radius 3 is 2.16 bits per heavy atom. The first-order valence-electron chi connectivity index (χ1n) is 8.22. The standard InChI is InChI=1S/C17H22F7N/c1-3-5-7-12(4-2)10-11-25(17(23,24)16(20,21)22)14-9-6-8-13(18)15(14)19/h6,8-9,12H,3-5,7,10-11H2,1-2H3. The summed E-state index contributed by atoms with van der Waals surface area (Å²) < 4.78 is 93.4.